The Morgan fingerprint density at radius 2 is 1.86 bits per heavy atom. The third kappa shape index (κ3) is 3.77. The van der Waals surface area contributed by atoms with Gasteiger partial charge in [-0.3, -0.25) is 4.79 Å². The van der Waals surface area contributed by atoms with Crippen LogP contribution in [0.4, 0.5) is 10.1 Å². The van der Waals surface area contributed by atoms with Gasteiger partial charge in [0.25, 0.3) is 5.91 Å². The number of anilines is 1. The van der Waals surface area contributed by atoms with Gasteiger partial charge in [0.1, 0.15) is 17.5 Å². The predicted molar refractivity (Wildman–Crippen MR) is 79.8 cm³/mol. The maximum absolute atomic E-state index is 12.8. The van der Waals surface area contributed by atoms with Crippen molar-refractivity contribution >= 4 is 17.7 Å². The van der Waals surface area contributed by atoms with E-state index in [9.17, 15) is 9.18 Å². The minimum absolute atomic E-state index is 0.0372. The number of rotatable bonds is 3. The van der Waals surface area contributed by atoms with Gasteiger partial charge in [-0.05, 0) is 42.3 Å². The molecule has 0 aromatic heterocycles. The first-order valence-electron chi connectivity index (χ1n) is 6.34. The molecule has 0 radical (unpaired) electrons. The number of nitriles is 1. The van der Waals surface area contributed by atoms with Crippen LogP contribution in [0.3, 0.4) is 0 Å². The standard InChI is InChI=1S/C17H13FN2O/c1-12-4-2-3-5-16(12)20-17(21)14(11-19)10-13-6-8-15(18)9-7-13/h2-10H,1H3,(H,20,21)/b14-10-. The Kier molecular flexibility index (Phi) is 4.47. The van der Waals surface area contributed by atoms with Crippen LogP contribution in [0.1, 0.15) is 11.1 Å². The van der Waals surface area contributed by atoms with E-state index in [0.717, 1.165) is 5.56 Å². The largest absolute Gasteiger partial charge is 0.321 e. The summed E-state index contributed by atoms with van der Waals surface area (Å²) in [5, 5.41) is 11.8. The third-order valence-electron chi connectivity index (χ3n) is 2.94. The topological polar surface area (TPSA) is 52.9 Å². The molecule has 0 aliphatic heterocycles. The smallest absolute Gasteiger partial charge is 0.266 e. The highest BCUT2D eigenvalue weighted by molar-refractivity contribution is 6.09. The number of nitrogens with one attached hydrogen (secondary N) is 1. The molecule has 0 fully saturated rings. The fourth-order valence-electron chi connectivity index (χ4n) is 1.78. The summed E-state index contributed by atoms with van der Waals surface area (Å²) in [4.78, 5) is 12.1. The number of carbonyl (C=O) groups is 1. The summed E-state index contributed by atoms with van der Waals surface area (Å²) in [7, 11) is 0. The highest BCUT2D eigenvalue weighted by Gasteiger charge is 2.10. The number of carbonyl (C=O) groups excluding carboxylic acids is 1. The van der Waals surface area contributed by atoms with Crippen molar-refractivity contribution in [1.29, 1.82) is 5.26 Å². The normalized spacial score (nSPS) is 10.8. The van der Waals surface area contributed by atoms with E-state index in [1.807, 2.05) is 25.1 Å². The molecule has 21 heavy (non-hydrogen) atoms. The molecule has 0 saturated carbocycles. The van der Waals surface area contributed by atoms with Crippen LogP contribution in [-0.2, 0) is 4.79 Å². The van der Waals surface area contributed by atoms with Gasteiger partial charge in [-0.25, -0.2) is 4.39 Å². The first-order chi connectivity index (χ1) is 10.1. The number of amides is 1. The molecule has 2 rings (SSSR count). The molecule has 0 aliphatic carbocycles. The Bertz CT molecular complexity index is 727. The molecule has 1 N–H and O–H groups in total. The van der Waals surface area contributed by atoms with Gasteiger partial charge in [-0.15, -0.1) is 0 Å². The summed E-state index contributed by atoms with van der Waals surface area (Å²) in [6, 6.07) is 14.7. The van der Waals surface area contributed by atoms with Crippen LogP contribution in [0.25, 0.3) is 6.08 Å². The van der Waals surface area contributed by atoms with E-state index < -0.39 is 5.91 Å². The van der Waals surface area contributed by atoms with Crippen molar-refractivity contribution in [3.63, 3.8) is 0 Å². The van der Waals surface area contributed by atoms with Crippen molar-refractivity contribution in [2.45, 2.75) is 6.92 Å². The second kappa shape index (κ2) is 6.49. The lowest BCUT2D eigenvalue weighted by Crippen LogP contribution is -2.14. The lowest BCUT2D eigenvalue weighted by molar-refractivity contribution is -0.112. The highest BCUT2D eigenvalue weighted by atomic mass is 19.1. The SMILES string of the molecule is Cc1ccccc1NC(=O)/C(C#N)=C\c1ccc(F)cc1. The summed E-state index contributed by atoms with van der Waals surface area (Å²) < 4.78 is 12.8. The van der Waals surface area contributed by atoms with E-state index in [1.165, 1.54) is 30.3 Å². The molecule has 0 atom stereocenters. The molecule has 2 aromatic rings. The molecule has 0 bridgehead atoms. The monoisotopic (exact) mass is 280 g/mol. The van der Waals surface area contributed by atoms with E-state index in [0.29, 0.717) is 11.3 Å². The molecule has 0 aliphatic rings. The second-order valence-corrected chi connectivity index (χ2v) is 4.49. The summed E-state index contributed by atoms with van der Waals surface area (Å²) >= 11 is 0. The first-order valence-corrected chi connectivity index (χ1v) is 6.34. The number of benzene rings is 2. The number of hydrogen-bond donors (Lipinski definition) is 1. The van der Waals surface area contributed by atoms with E-state index in [-0.39, 0.29) is 11.4 Å². The van der Waals surface area contributed by atoms with Crippen molar-refractivity contribution in [2.24, 2.45) is 0 Å². The maximum atomic E-state index is 12.8. The van der Waals surface area contributed by atoms with Crippen molar-refractivity contribution in [1.82, 2.24) is 0 Å². The van der Waals surface area contributed by atoms with Gasteiger partial charge in [-0.2, -0.15) is 5.26 Å². The number of para-hydroxylation sites is 1. The Balaban J connectivity index is 2.21. The minimum atomic E-state index is -0.490. The van der Waals surface area contributed by atoms with Crippen LogP contribution in [0.15, 0.2) is 54.1 Å². The molecular formula is C17H13FN2O. The molecule has 0 saturated heterocycles. The Morgan fingerprint density at radius 3 is 2.48 bits per heavy atom. The van der Waals surface area contributed by atoms with Crippen molar-refractivity contribution < 1.29 is 9.18 Å². The van der Waals surface area contributed by atoms with E-state index in [2.05, 4.69) is 5.32 Å². The maximum Gasteiger partial charge on any atom is 0.266 e. The Hall–Kier alpha value is -2.93. The summed E-state index contributed by atoms with van der Waals surface area (Å²) in [5.74, 6) is -0.855. The molecular weight excluding hydrogens is 267 g/mol. The fraction of sp³-hybridized carbons (Fsp3) is 0.0588. The van der Waals surface area contributed by atoms with Crippen molar-refractivity contribution in [3.05, 3.63) is 71.0 Å². The van der Waals surface area contributed by atoms with E-state index in [4.69, 9.17) is 5.26 Å². The van der Waals surface area contributed by atoms with Crippen molar-refractivity contribution in [3.8, 4) is 6.07 Å². The third-order valence-corrected chi connectivity index (χ3v) is 2.94. The zero-order chi connectivity index (χ0) is 15.2. The lowest BCUT2D eigenvalue weighted by atomic mass is 10.1. The molecule has 0 heterocycles. The van der Waals surface area contributed by atoms with E-state index >= 15 is 0 Å². The van der Waals surface area contributed by atoms with Crippen molar-refractivity contribution in [2.75, 3.05) is 5.32 Å². The van der Waals surface area contributed by atoms with E-state index in [1.54, 1.807) is 12.1 Å². The predicted octanol–water partition coefficient (Wildman–Crippen LogP) is 3.68. The summed E-state index contributed by atoms with van der Waals surface area (Å²) in [5.41, 5.74) is 2.12. The van der Waals surface area contributed by atoms with Gasteiger partial charge in [-0.1, -0.05) is 30.3 Å². The van der Waals surface area contributed by atoms with Crippen LogP contribution in [0, 0.1) is 24.1 Å². The molecule has 0 unspecified atom stereocenters. The Labute approximate surface area is 122 Å². The molecule has 1 amide bonds. The number of hydrogen-bond acceptors (Lipinski definition) is 2. The second-order valence-electron chi connectivity index (χ2n) is 4.49. The summed E-state index contributed by atoms with van der Waals surface area (Å²) in [6.45, 7) is 1.87. The average molecular weight is 280 g/mol. The molecule has 4 heteroatoms. The van der Waals surface area contributed by atoms with Crippen LogP contribution < -0.4 is 5.32 Å². The number of aryl methyl sites for hydroxylation is 1. The minimum Gasteiger partial charge on any atom is -0.321 e. The van der Waals surface area contributed by atoms with Gasteiger partial charge in [0.05, 0.1) is 0 Å². The van der Waals surface area contributed by atoms with Gasteiger partial charge < -0.3 is 5.32 Å². The average Bonchev–Trinajstić information content (AvgIpc) is 2.49. The molecule has 2 aromatic carbocycles. The summed E-state index contributed by atoms with van der Waals surface area (Å²) in [6.07, 6.45) is 1.42. The molecule has 3 nitrogen and oxygen atoms in total. The zero-order valence-corrected chi connectivity index (χ0v) is 11.4. The lowest BCUT2D eigenvalue weighted by Gasteiger charge is -2.07. The Morgan fingerprint density at radius 1 is 1.19 bits per heavy atom. The van der Waals surface area contributed by atoms with Crippen LogP contribution in [0.5, 0.6) is 0 Å². The number of nitrogens with zero attached hydrogens (tertiary/aromatic N) is 1. The highest BCUT2D eigenvalue weighted by Crippen LogP contribution is 2.15. The molecule has 0 spiro atoms. The van der Waals surface area contributed by atoms with Gasteiger partial charge in [0, 0.05) is 5.69 Å². The van der Waals surface area contributed by atoms with Crippen LogP contribution in [0.2, 0.25) is 0 Å². The number of halogens is 1. The van der Waals surface area contributed by atoms with Crippen LogP contribution >= 0.6 is 0 Å². The van der Waals surface area contributed by atoms with Gasteiger partial charge in [0.2, 0.25) is 0 Å². The molecule has 104 valence electrons. The first kappa shape index (κ1) is 14.5. The van der Waals surface area contributed by atoms with Crippen LogP contribution in [-0.4, -0.2) is 5.91 Å². The zero-order valence-electron chi connectivity index (χ0n) is 11.4. The quantitative estimate of drug-likeness (QED) is 0.688. The fourth-order valence-corrected chi connectivity index (χ4v) is 1.78. The van der Waals surface area contributed by atoms with Gasteiger partial charge >= 0.3 is 0 Å². The van der Waals surface area contributed by atoms with Gasteiger partial charge in [0.15, 0.2) is 0 Å².